The summed E-state index contributed by atoms with van der Waals surface area (Å²) in [4.78, 5) is 0. The van der Waals surface area contributed by atoms with Gasteiger partial charge in [-0.1, -0.05) is 33.6 Å². The molecule has 7 heteroatoms. The van der Waals surface area contributed by atoms with Gasteiger partial charge < -0.3 is 19.5 Å². The van der Waals surface area contributed by atoms with Crippen LogP contribution in [0, 0.1) is 0 Å². The highest BCUT2D eigenvalue weighted by Crippen LogP contribution is 2.14. The van der Waals surface area contributed by atoms with Gasteiger partial charge in [0.1, 0.15) is 0 Å². The van der Waals surface area contributed by atoms with Crippen molar-refractivity contribution in [1.82, 2.24) is 0 Å². The number of rotatable bonds is 1. The first-order valence-electron chi connectivity index (χ1n) is 5.08. The predicted molar refractivity (Wildman–Crippen MR) is 70.6 cm³/mol. The highest BCUT2D eigenvalue weighted by atomic mass is 79.9. The average molecular weight is 323 g/mol. The van der Waals surface area contributed by atoms with Gasteiger partial charge in [0, 0.05) is 15.0 Å². The fourth-order valence-corrected chi connectivity index (χ4v) is 1.92. The summed E-state index contributed by atoms with van der Waals surface area (Å²) in [6, 6.07) is 4.86. The monoisotopic (exact) mass is 322 g/mol. The molecule has 2 rings (SSSR count). The van der Waals surface area contributed by atoms with E-state index in [0.29, 0.717) is 10.5 Å². The zero-order chi connectivity index (χ0) is 12.7. The van der Waals surface area contributed by atoms with Crippen molar-refractivity contribution in [1.29, 1.82) is 0 Å². The lowest BCUT2D eigenvalue weighted by Gasteiger charge is -2.09. The molecule has 0 aromatic heterocycles. The fourth-order valence-electron chi connectivity index (χ4n) is 1.15. The topological polar surface area (TPSA) is 58.9 Å². The van der Waals surface area contributed by atoms with Crippen molar-refractivity contribution in [3.63, 3.8) is 0 Å². The Hall–Kier alpha value is -0.105. The summed E-state index contributed by atoms with van der Waals surface area (Å²) in [6.45, 7) is 3.11. The van der Waals surface area contributed by atoms with Crippen LogP contribution in [0.25, 0.3) is 0 Å². The van der Waals surface area contributed by atoms with Crippen molar-refractivity contribution in [3.05, 3.63) is 27.7 Å². The van der Waals surface area contributed by atoms with Crippen molar-refractivity contribution in [2.24, 2.45) is 0 Å². The van der Waals surface area contributed by atoms with Crippen LogP contribution in [0.15, 0.2) is 22.7 Å². The number of hydrogen-bond donors (Lipinski definition) is 2. The molecule has 1 aliphatic heterocycles. The van der Waals surface area contributed by atoms with E-state index in [0.717, 1.165) is 30.9 Å². The summed E-state index contributed by atoms with van der Waals surface area (Å²) < 4.78 is 10.7. The number of ether oxygens (including phenoxy) is 2. The molecule has 0 radical (unpaired) electrons. The predicted octanol–water partition coefficient (Wildman–Crippen LogP) is 0.815. The first kappa shape index (κ1) is 15.0. The van der Waals surface area contributed by atoms with Crippen molar-refractivity contribution in [2.75, 3.05) is 26.4 Å². The van der Waals surface area contributed by atoms with Crippen LogP contribution in [0.5, 0.6) is 0 Å². The highest BCUT2D eigenvalue weighted by molar-refractivity contribution is 9.10. The van der Waals surface area contributed by atoms with Crippen LogP contribution in [0.2, 0.25) is 5.02 Å². The summed E-state index contributed by atoms with van der Waals surface area (Å²) in [5, 5.41) is 17.8. The zero-order valence-corrected chi connectivity index (χ0v) is 11.4. The number of hydrogen-bond acceptors (Lipinski definition) is 4. The molecule has 1 fully saturated rings. The van der Waals surface area contributed by atoms with Crippen LogP contribution in [-0.4, -0.2) is 43.6 Å². The van der Waals surface area contributed by atoms with Gasteiger partial charge in [-0.05, 0) is 12.1 Å². The molecule has 4 nitrogen and oxygen atoms in total. The Morgan fingerprint density at radius 2 is 1.65 bits per heavy atom. The third-order valence-corrected chi connectivity index (χ3v) is 2.81. The lowest BCUT2D eigenvalue weighted by atomic mass is 9.80. The van der Waals surface area contributed by atoms with Crippen molar-refractivity contribution < 1.29 is 19.5 Å². The van der Waals surface area contributed by atoms with Gasteiger partial charge in [0.05, 0.1) is 26.4 Å². The summed E-state index contributed by atoms with van der Waals surface area (Å²) in [5.41, 5.74) is 0.315. The van der Waals surface area contributed by atoms with Crippen LogP contribution in [0.3, 0.4) is 0 Å². The molecule has 0 amide bonds. The Balaban J connectivity index is 0.000000202. The molecule has 0 bridgehead atoms. The summed E-state index contributed by atoms with van der Waals surface area (Å²) in [5.74, 6) is 0. The van der Waals surface area contributed by atoms with Gasteiger partial charge in [-0.25, -0.2) is 0 Å². The second-order valence-corrected chi connectivity index (χ2v) is 4.59. The minimum Gasteiger partial charge on any atom is -0.423 e. The third kappa shape index (κ3) is 5.85. The van der Waals surface area contributed by atoms with Gasteiger partial charge in [-0.2, -0.15) is 0 Å². The Morgan fingerprint density at radius 1 is 1.12 bits per heavy atom. The van der Waals surface area contributed by atoms with E-state index in [1.165, 1.54) is 0 Å². The number of benzene rings is 1. The molecule has 0 unspecified atom stereocenters. The van der Waals surface area contributed by atoms with E-state index in [9.17, 15) is 0 Å². The smallest absolute Gasteiger partial charge is 0.423 e. The van der Waals surface area contributed by atoms with E-state index < -0.39 is 7.12 Å². The maximum absolute atomic E-state index is 8.75. The van der Waals surface area contributed by atoms with Crippen molar-refractivity contribution in [2.45, 2.75) is 0 Å². The molecule has 1 aromatic carbocycles. The molecule has 94 valence electrons. The summed E-state index contributed by atoms with van der Waals surface area (Å²) >= 11 is 8.87. The Labute approximate surface area is 114 Å². The SMILES string of the molecule is C1COCCO1.OB(O)c1ccc(Br)cc1Cl. The Bertz CT molecular complexity index is 336. The number of halogens is 2. The largest absolute Gasteiger partial charge is 0.489 e. The second kappa shape index (κ2) is 8.08. The van der Waals surface area contributed by atoms with Crippen LogP contribution in [0.4, 0.5) is 0 Å². The van der Waals surface area contributed by atoms with E-state index >= 15 is 0 Å². The first-order chi connectivity index (χ1) is 8.11. The van der Waals surface area contributed by atoms with E-state index in [2.05, 4.69) is 15.9 Å². The van der Waals surface area contributed by atoms with Crippen LogP contribution in [0.1, 0.15) is 0 Å². The normalized spacial score (nSPS) is 14.8. The van der Waals surface area contributed by atoms with E-state index in [1.54, 1.807) is 18.2 Å². The van der Waals surface area contributed by atoms with Gasteiger partial charge in [0.25, 0.3) is 0 Å². The maximum Gasteiger partial charge on any atom is 0.489 e. The molecule has 1 aromatic rings. The van der Waals surface area contributed by atoms with Gasteiger partial charge in [0.2, 0.25) is 0 Å². The highest BCUT2D eigenvalue weighted by Gasteiger charge is 2.14. The van der Waals surface area contributed by atoms with E-state index in [1.807, 2.05) is 0 Å². The summed E-state index contributed by atoms with van der Waals surface area (Å²) in [6.07, 6.45) is 0. The minimum atomic E-state index is -1.50. The fraction of sp³-hybridized carbons (Fsp3) is 0.400. The minimum absolute atomic E-state index is 0.315. The molecule has 2 N–H and O–H groups in total. The Morgan fingerprint density at radius 3 is 2.00 bits per heavy atom. The zero-order valence-electron chi connectivity index (χ0n) is 9.10. The van der Waals surface area contributed by atoms with Crippen molar-refractivity contribution >= 4 is 40.1 Å². The molecule has 1 aliphatic rings. The third-order valence-electron chi connectivity index (χ3n) is 1.98. The van der Waals surface area contributed by atoms with Gasteiger partial charge in [-0.3, -0.25) is 0 Å². The molecule has 1 saturated heterocycles. The van der Waals surface area contributed by atoms with Crippen molar-refractivity contribution in [3.8, 4) is 0 Å². The van der Waals surface area contributed by atoms with E-state index in [4.69, 9.17) is 31.1 Å². The first-order valence-corrected chi connectivity index (χ1v) is 6.25. The molecule has 0 aliphatic carbocycles. The van der Waals surface area contributed by atoms with Gasteiger partial charge in [-0.15, -0.1) is 0 Å². The Kier molecular flexibility index (Phi) is 7.11. The lowest BCUT2D eigenvalue weighted by Crippen LogP contribution is -2.30. The van der Waals surface area contributed by atoms with Crippen LogP contribution in [-0.2, 0) is 9.47 Å². The second-order valence-electron chi connectivity index (χ2n) is 3.26. The molecule has 0 spiro atoms. The van der Waals surface area contributed by atoms with Crippen LogP contribution < -0.4 is 5.46 Å². The molecule has 0 saturated carbocycles. The van der Waals surface area contributed by atoms with Gasteiger partial charge >= 0.3 is 7.12 Å². The van der Waals surface area contributed by atoms with E-state index in [-0.39, 0.29) is 0 Å². The van der Waals surface area contributed by atoms with Gasteiger partial charge in [0.15, 0.2) is 0 Å². The quantitative estimate of drug-likeness (QED) is 0.751. The standard InChI is InChI=1S/C6H5BBrClO2.C4H8O2/c8-4-1-2-5(7(10)11)6(9)3-4;1-2-6-4-3-5-1/h1-3,10-11H;1-4H2. The molecular weight excluding hydrogens is 310 g/mol. The molecule has 1 heterocycles. The summed E-state index contributed by atoms with van der Waals surface area (Å²) in [7, 11) is -1.50. The molecular formula is C10H13BBrClO4. The van der Waals surface area contributed by atoms with Crippen LogP contribution >= 0.6 is 27.5 Å². The average Bonchev–Trinajstić information content (AvgIpc) is 2.31. The molecule has 17 heavy (non-hydrogen) atoms. The maximum atomic E-state index is 8.75. The lowest BCUT2D eigenvalue weighted by molar-refractivity contribution is -0.0334. The molecule has 0 atom stereocenters.